The predicted octanol–water partition coefficient (Wildman–Crippen LogP) is 3.02. The highest BCUT2D eigenvalue weighted by molar-refractivity contribution is 5.63. The lowest BCUT2D eigenvalue weighted by atomic mass is 10.1. The summed E-state index contributed by atoms with van der Waals surface area (Å²) >= 11 is 0. The molecule has 86 valence electrons. The van der Waals surface area contributed by atoms with Gasteiger partial charge in [-0.1, -0.05) is 18.2 Å². The number of pyridine rings is 1. The molecule has 0 amide bonds. The zero-order valence-corrected chi connectivity index (χ0v) is 8.83. The molecule has 1 aliphatic heterocycles. The molecule has 1 aromatic heterocycles. The van der Waals surface area contributed by atoms with Crippen molar-refractivity contribution in [3.63, 3.8) is 0 Å². The molecule has 0 aliphatic carbocycles. The van der Waals surface area contributed by atoms with Gasteiger partial charge in [0, 0.05) is 17.7 Å². The van der Waals surface area contributed by atoms with Crippen molar-refractivity contribution in [3.8, 4) is 11.3 Å². The third-order valence-electron chi connectivity index (χ3n) is 3.00. The number of aromatic nitrogens is 1. The Kier molecular flexibility index (Phi) is 2.02. The van der Waals surface area contributed by atoms with Gasteiger partial charge in [-0.25, -0.2) is 0 Å². The Morgan fingerprint density at radius 1 is 0.941 bits per heavy atom. The van der Waals surface area contributed by atoms with Crippen molar-refractivity contribution in [1.29, 1.82) is 0 Å². The fourth-order valence-corrected chi connectivity index (χ4v) is 2.27. The minimum atomic E-state index is -4.31. The third-order valence-corrected chi connectivity index (χ3v) is 3.00. The van der Waals surface area contributed by atoms with Crippen molar-refractivity contribution in [2.45, 2.75) is 12.7 Å². The average Bonchev–Trinajstić information content (AvgIpc) is 2.65. The van der Waals surface area contributed by atoms with Crippen LogP contribution in [0.5, 0.6) is 0 Å². The zero-order valence-electron chi connectivity index (χ0n) is 8.83. The van der Waals surface area contributed by atoms with Gasteiger partial charge in [0.1, 0.15) is 0 Å². The van der Waals surface area contributed by atoms with Crippen LogP contribution in [0.1, 0.15) is 11.3 Å². The van der Waals surface area contributed by atoms with E-state index in [0.29, 0.717) is 12.2 Å². The number of hydrogen-bond acceptors (Lipinski definition) is 0. The minimum absolute atomic E-state index is 0.293. The van der Waals surface area contributed by atoms with Crippen LogP contribution >= 0.6 is 0 Å². The molecule has 0 spiro atoms. The number of alkyl halides is 3. The lowest BCUT2D eigenvalue weighted by Crippen LogP contribution is -2.41. The highest BCUT2D eigenvalue weighted by Crippen LogP contribution is 2.32. The Hall–Kier alpha value is -1.84. The van der Waals surface area contributed by atoms with E-state index < -0.39 is 11.9 Å². The second kappa shape index (κ2) is 3.32. The van der Waals surface area contributed by atoms with Crippen LogP contribution in [-0.2, 0) is 12.7 Å². The van der Waals surface area contributed by atoms with E-state index in [1.807, 2.05) is 24.3 Å². The normalized spacial score (nSPS) is 13.4. The molecule has 1 aromatic carbocycles. The van der Waals surface area contributed by atoms with Crippen LogP contribution in [-0.4, -0.2) is 0 Å². The van der Waals surface area contributed by atoms with Gasteiger partial charge in [0.15, 0.2) is 6.54 Å². The first-order valence-corrected chi connectivity index (χ1v) is 5.26. The van der Waals surface area contributed by atoms with E-state index in [-0.39, 0.29) is 0 Å². The van der Waals surface area contributed by atoms with E-state index in [1.54, 1.807) is 6.07 Å². The van der Waals surface area contributed by atoms with Crippen LogP contribution in [0.3, 0.4) is 0 Å². The molecule has 1 nitrogen and oxygen atoms in total. The quantitative estimate of drug-likeness (QED) is 0.528. The lowest BCUT2D eigenvalue weighted by Gasteiger charge is -2.05. The monoisotopic (exact) mass is 236 g/mol. The van der Waals surface area contributed by atoms with Gasteiger partial charge in [-0.2, -0.15) is 17.7 Å². The predicted molar refractivity (Wildman–Crippen MR) is 56.2 cm³/mol. The van der Waals surface area contributed by atoms with Crippen molar-refractivity contribution < 1.29 is 17.7 Å². The van der Waals surface area contributed by atoms with E-state index in [9.17, 15) is 13.2 Å². The van der Waals surface area contributed by atoms with Crippen molar-refractivity contribution in [3.05, 3.63) is 53.7 Å². The van der Waals surface area contributed by atoms with Crippen molar-refractivity contribution in [1.82, 2.24) is 0 Å². The van der Waals surface area contributed by atoms with Gasteiger partial charge >= 0.3 is 6.18 Å². The largest absolute Gasteiger partial charge is 0.477 e. The van der Waals surface area contributed by atoms with Gasteiger partial charge in [0.05, 0.1) is 5.56 Å². The number of rotatable bonds is 0. The molecule has 4 heteroatoms. The Balaban J connectivity index is 2.24. The average molecular weight is 236 g/mol. The van der Waals surface area contributed by atoms with Crippen molar-refractivity contribution >= 4 is 0 Å². The summed E-state index contributed by atoms with van der Waals surface area (Å²) in [7, 11) is 0. The molecule has 0 saturated heterocycles. The molecule has 0 unspecified atom stereocenters. The summed E-state index contributed by atoms with van der Waals surface area (Å²) in [4.78, 5) is 0. The Bertz CT molecular complexity index is 587. The molecule has 0 N–H and O–H groups in total. The summed E-state index contributed by atoms with van der Waals surface area (Å²) in [6, 6.07) is 11.7. The van der Waals surface area contributed by atoms with Gasteiger partial charge in [-0.15, -0.1) is 0 Å². The highest BCUT2D eigenvalue weighted by atomic mass is 19.4. The smallest absolute Gasteiger partial charge is 0.183 e. The zero-order chi connectivity index (χ0) is 12.0. The minimum Gasteiger partial charge on any atom is -0.183 e. The molecule has 1 aliphatic rings. The summed E-state index contributed by atoms with van der Waals surface area (Å²) in [6.07, 6.45) is -4.31. The van der Waals surface area contributed by atoms with Gasteiger partial charge < -0.3 is 0 Å². The molecular formula is C13H9F3N+. The van der Waals surface area contributed by atoms with Gasteiger partial charge in [0.2, 0.25) is 5.69 Å². The fourth-order valence-electron chi connectivity index (χ4n) is 2.27. The molecule has 0 atom stereocenters. The fraction of sp³-hybridized carbons (Fsp3) is 0.154. The van der Waals surface area contributed by atoms with Crippen LogP contribution in [0.4, 0.5) is 13.2 Å². The summed E-state index contributed by atoms with van der Waals surface area (Å²) in [5.41, 5.74) is 1.87. The second-order valence-electron chi connectivity index (χ2n) is 4.04. The first kappa shape index (κ1) is 10.3. The van der Waals surface area contributed by atoms with Crippen molar-refractivity contribution in [2.75, 3.05) is 0 Å². The number of halogens is 3. The van der Waals surface area contributed by atoms with E-state index in [1.165, 1.54) is 10.6 Å². The van der Waals surface area contributed by atoms with Crippen LogP contribution in [0, 0.1) is 0 Å². The van der Waals surface area contributed by atoms with Gasteiger partial charge in [-0.3, -0.25) is 0 Å². The standard InChI is InChI=1S/C13H9F3N/c14-13(15,16)12-7-3-6-11-10-5-2-1-4-9(10)8-17(11)12/h1-7H,8H2/q+1. The van der Waals surface area contributed by atoms with Gasteiger partial charge in [-0.05, 0) is 12.1 Å². The first-order valence-electron chi connectivity index (χ1n) is 5.26. The maximum atomic E-state index is 12.8. The molecule has 0 radical (unpaired) electrons. The summed E-state index contributed by atoms with van der Waals surface area (Å²) in [5.74, 6) is 0. The molecule has 0 fully saturated rings. The summed E-state index contributed by atoms with van der Waals surface area (Å²) in [6.45, 7) is 0.293. The number of fused-ring (bicyclic) bond motifs is 3. The third kappa shape index (κ3) is 1.52. The summed E-state index contributed by atoms with van der Waals surface area (Å²) < 4.78 is 39.9. The maximum Gasteiger partial charge on any atom is 0.477 e. The molecule has 17 heavy (non-hydrogen) atoms. The van der Waals surface area contributed by atoms with Crippen LogP contribution in [0.15, 0.2) is 42.5 Å². The van der Waals surface area contributed by atoms with Crippen LogP contribution in [0.2, 0.25) is 0 Å². The molecule has 3 rings (SSSR count). The van der Waals surface area contributed by atoms with E-state index >= 15 is 0 Å². The highest BCUT2D eigenvalue weighted by Gasteiger charge is 2.43. The Labute approximate surface area is 96.1 Å². The molecule has 2 heterocycles. The Morgan fingerprint density at radius 2 is 1.71 bits per heavy atom. The molecular weight excluding hydrogens is 227 g/mol. The van der Waals surface area contributed by atoms with E-state index in [2.05, 4.69) is 0 Å². The van der Waals surface area contributed by atoms with Crippen LogP contribution < -0.4 is 4.57 Å². The lowest BCUT2D eigenvalue weighted by molar-refractivity contribution is -0.691. The molecule has 2 aromatic rings. The SMILES string of the molecule is FC(F)(F)c1cccc2[n+]1Cc1ccccc1-2. The molecule has 0 saturated carbocycles. The van der Waals surface area contributed by atoms with E-state index in [4.69, 9.17) is 0 Å². The summed E-state index contributed by atoms with van der Waals surface area (Å²) in [5, 5.41) is 0. The maximum absolute atomic E-state index is 12.8. The van der Waals surface area contributed by atoms with Gasteiger partial charge in [0.25, 0.3) is 5.69 Å². The van der Waals surface area contributed by atoms with Crippen LogP contribution in [0.25, 0.3) is 11.3 Å². The molecule has 0 bridgehead atoms. The second-order valence-corrected chi connectivity index (χ2v) is 4.04. The topological polar surface area (TPSA) is 3.88 Å². The number of benzene rings is 1. The number of hydrogen-bond donors (Lipinski definition) is 0. The first-order chi connectivity index (χ1) is 8.07. The van der Waals surface area contributed by atoms with Crippen molar-refractivity contribution in [2.24, 2.45) is 0 Å². The Morgan fingerprint density at radius 3 is 2.47 bits per heavy atom. The number of nitrogens with zero attached hydrogens (tertiary/aromatic N) is 1. The van der Waals surface area contributed by atoms with E-state index in [0.717, 1.165) is 17.2 Å².